The number of aromatic amines is 1. The van der Waals surface area contributed by atoms with Gasteiger partial charge in [-0.1, -0.05) is 6.07 Å². The molecule has 0 aromatic carbocycles. The van der Waals surface area contributed by atoms with Crippen LogP contribution < -0.4 is 5.56 Å². The summed E-state index contributed by atoms with van der Waals surface area (Å²) in [5.41, 5.74) is -0.527. The van der Waals surface area contributed by atoms with E-state index in [2.05, 4.69) is 15.0 Å². The fourth-order valence-electron chi connectivity index (χ4n) is 1.46. The lowest BCUT2D eigenvalue weighted by atomic mass is 10.2. The molecule has 2 aromatic rings. The highest BCUT2D eigenvalue weighted by Crippen LogP contribution is 2.17. The van der Waals surface area contributed by atoms with E-state index < -0.39 is 23.0 Å². The summed E-state index contributed by atoms with van der Waals surface area (Å²) < 4.78 is 0. The van der Waals surface area contributed by atoms with Gasteiger partial charge in [-0.15, -0.1) is 0 Å². The maximum atomic E-state index is 11.4. The zero-order chi connectivity index (χ0) is 13.3. The first-order valence-corrected chi connectivity index (χ1v) is 4.99. The zero-order valence-electron chi connectivity index (χ0n) is 9.34. The van der Waals surface area contributed by atoms with E-state index >= 15 is 0 Å². The van der Waals surface area contributed by atoms with Crippen LogP contribution in [0.5, 0.6) is 5.75 Å². The molecular weight excluding hydrogens is 238 g/mol. The standard InChI is InChI=1S/C11H9N3O4/c1-5-3-2-4-12-6(5)9-13-7(11(17)18)8(15)10(16)14-9/h2-4,15H,1H3,(H,17,18)(H,13,14,16). The van der Waals surface area contributed by atoms with E-state index in [9.17, 15) is 14.7 Å². The van der Waals surface area contributed by atoms with Gasteiger partial charge in [0.25, 0.3) is 5.56 Å². The van der Waals surface area contributed by atoms with E-state index in [-0.39, 0.29) is 5.82 Å². The first-order valence-electron chi connectivity index (χ1n) is 4.99. The number of aromatic nitrogens is 3. The second kappa shape index (κ2) is 4.28. The highest BCUT2D eigenvalue weighted by molar-refractivity contribution is 5.88. The molecule has 0 atom stereocenters. The lowest BCUT2D eigenvalue weighted by Crippen LogP contribution is -2.15. The summed E-state index contributed by atoms with van der Waals surface area (Å²) in [5.74, 6) is -2.39. The van der Waals surface area contributed by atoms with E-state index in [4.69, 9.17) is 5.11 Å². The molecule has 3 N–H and O–H groups in total. The van der Waals surface area contributed by atoms with E-state index in [0.29, 0.717) is 5.69 Å². The summed E-state index contributed by atoms with van der Waals surface area (Å²) >= 11 is 0. The monoisotopic (exact) mass is 247 g/mol. The predicted octanol–water partition coefficient (Wildman–Crippen LogP) is 0.544. The molecule has 2 heterocycles. The third-order valence-electron chi connectivity index (χ3n) is 2.33. The Labute approximate surface area is 101 Å². The number of nitrogens with zero attached hydrogens (tertiary/aromatic N) is 2. The van der Waals surface area contributed by atoms with Gasteiger partial charge in [-0.2, -0.15) is 0 Å². The van der Waals surface area contributed by atoms with Gasteiger partial charge in [-0.05, 0) is 18.6 Å². The summed E-state index contributed by atoms with van der Waals surface area (Å²) in [5, 5.41) is 18.1. The average molecular weight is 247 g/mol. The number of hydrogen-bond donors (Lipinski definition) is 3. The van der Waals surface area contributed by atoms with Crippen LogP contribution in [0.15, 0.2) is 23.1 Å². The van der Waals surface area contributed by atoms with Crippen molar-refractivity contribution in [1.29, 1.82) is 0 Å². The van der Waals surface area contributed by atoms with Crippen molar-refractivity contribution in [3.63, 3.8) is 0 Å². The van der Waals surface area contributed by atoms with Gasteiger partial charge in [-0.3, -0.25) is 9.78 Å². The number of rotatable bonds is 2. The first-order chi connectivity index (χ1) is 8.50. The average Bonchev–Trinajstić information content (AvgIpc) is 2.33. The summed E-state index contributed by atoms with van der Waals surface area (Å²) in [4.78, 5) is 32.3. The normalized spacial score (nSPS) is 10.3. The van der Waals surface area contributed by atoms with Crippen LogP contribution in [0.3, 0.4) is 0 Å². The fraction of sp³-hybridized carbons (Fsp3) is 0.0909. The Morgan fingerprint density at radius 3 is 2.78 bits per heavy atom. The quantitative estimate of drug-likeness (QED) is 0.713. The lowest BCUT2D eigenvalue weighted by molar-refractivity contribution is 0.0686. The molecule has 0 amide bonds. The van der Waals surface area contributed by atoms with Gasteiger partial charge in [0.15, 0.2) is 11.5 Å². The maximum Gasteiger partial charge on any atom is 0.358 e. The molecule has 0 aliphatic heterocycles. The summed E-state index contributed by atoms with van der Waals surface area (Å²) in [6, 6.07) is 3.45. The Morgan fingerprint density at radius 1 is 1.44 bits per heavy atom. The molecule has 7 nitrogen and oxygen atoms in total. The van der Waals surface area contributed by atoms with E-state index in [1.54, 1.807) is 19.1 Å². The number of hydrogen-bond acceptors (Lipinski definition) is 5. The van der Waals surface area contributed by atoms with Gasteiger partial charge in [0, 0.05) is 6.20 Å². The molecular formula is C11H9N3O4. The van der Waals surface area contributed by atoms with Gasteiger partial charge < -0.3 is 15.2 Å². The molecule has 0 unspecified atom stereocenters. The van der Waals surface area contributed by atoms with Crippen molar-refractivity contribution in [3.8, 4) is 17.3 Å². The fourth-order valence-corrected chi connectivity index (χ4v) is 1.46. The SMILES string of the molecule is Cc1cccnc1-c1nc(C(=O)O)c(O)c(=O)[nH]1. The van der Waals surface area contributed by atoms with E-state index in [1.165, 1.54) is 6.20 Å². The Morgan fingerprint density at radius 2 is 2.17 bits per heavy atom. The maximum absolute atomic E-state index is 11.4. The van der Waals surface area contributed by atoms with Gasteiger partial charge in [-0.25, -0.2) is 9.78 Å². The Balaban J connectivity index is 2.71. The van der Waals surface area contributed by atoms with E-state index in [0.717, 1.165) is 5.56 Å². The minimum atomic E-state index is -1.48. The largest absolute Gasteiger partial charge is 0.501 e. The number of aryl methyl sites for hydroxylation is 1. The Kier molecular flexibility index (Phi) is 2.80. The van der Waals surface area contributed by atoms with Crippen LogP contribution in [0, 0.1) is 6.92 Å². The third kappa shape index (κ3) is 1.93. The molecule has 92 valence electrons. The topological polar surface area (TPSA) is 116 Å². The molecule has 0 radical (unpaired) electrons. The molecule has 0 spiro atoms. The number of nitrogens with one attached hydrogen (secondary N) is 1. The minimum absolute atomic E-state index is 0.00769. The second-order valence-corrected chi connectivity index (χ2v) is 3.59. The second-order valence-electron chi connectivity index (χ2n) is 3.59. The van der Waals surface area contributed by atoms with Crippen LogP contribution in [0.1, 0.15) is 16.1 Å². The number of carbonyl (C=O) groups is 1. The van der Waals surface area contributed by atoms with Crippen molar-refractivity contribution in [2.45, 2.75) is 6.92 Å². The zero-order valence-corrected chi connectivity index (χ0v) is 9.34. The molecule has 0 saturated heterocycles. The first kappa shape index (κ1) is 11.8. The van der Waals surface area contributed by atoms with Crippen molar-refractivity contribution >= 4 is 5.97 Å². The minimum Gasteiger partial charge on any atom is -0.501 e. The van der Waals surface area contributed by atoms with Gasteiger partial charge >= 0.3 is 5.97 Å². The summed E-state index contributed by atoms with van der Waals surface area (Å²) in [7, 11) is 0. The van der Waals surface area contributed by atoms with Gasteiger partial charge in [0.1, 0.15) is 5.69 Å². The highest BCUT2D eigenvalue weighted by atomic mass is 16.4. The molecule has 0 bridgehead atoms. The molecule has 18 heavy (non-hydrogen) atoms. The van der Waals surface area contributed by atoms with Crippen molar-refractivity contribution < 1.29 is 15.0 Å². The van der Waals surface area contributed by atoms with Crippen LogP contribution in [-0.4, -0.2) is 31.1 Å². The Hall–Kier alpha value is -2.70. The van der Waals surface area contributed by atoms with Gasteiger partial charge in [0.2, 0.25) is 5.75 Å². The predicted molar refractivity (Wildman–Crippen MR) is 61.4 cm³/mol. The smallest absolute Gasteiger partial charge is 0.358 e. The van der Waals surface area contributed by atoms with Crippen molar-refractivity contribution in [2.24, 2.45) is 0 Å². The van der Waals surface area contributed by atoms with Gasteiger partial charge in [0.05, 0.1) is 0 Å². The number of H-pyrrole nitrogens is 1. The number of aromatic carboxylic acids is 1. The summed E-state index contributed by atoms with van der Waals surface area (Å²) in [6.07, 6.45) is 1.50. The van der Waals surface area contributed by atoms with E-state index in [1.807, 2.05) is 0 Å². The van der Waals surface area contributed by atoms with Crippen molar-refractivity contribution in [2.75, 3.05) is 0 Å². The number of pyridine rings is 1. The molecule has 2 rings (SSSR count). The summed E-state index contributed by atoms with van der Waals surface area (Å²) in [6.45, 7) is 1.75. The van der Waals surface area contributed by atoms with Crippen molar-refractivity contribution in [1.82, 2.24) is 15.0 Å². The third-order valence-corrected chi connectivity index (χ3v) is 2.33. The molecule has 2 aromatic heterocycles. The van der Waals surface area contributed by atoms with Crippen molar-refractivity contribution in [3.05, 3.63) is 39.9 Å². The molecule has 0 aliphatic rings. The molecule has 0 aliphatic carbocycles. The molecule has 0 saturated carbocycles. The molecule has 7 heteroatoms. The number of carboxylic acids is 1. The van der Waals surface area contributed by atoms with Crippen LogP contribution in [0.2, 0.25) is 0 Å². The Bertz CT molecular complexity index is 678. The van der Waals surface area contributed by atoms with Crippen LogP contribution in [0.4, 0.5) is 0 Å². The van der Waals surface area contributed by atoms with Crippen LogP contribution in [0.25, 0.3) is 11.5 Å². The van der Waals surface area contributed by atoms with Crippen LogP contribution in [-0.2, 0) is 0 Å². The lowest BCUT2D eigenvalue weighted by Gasteiger charge is -2.05. The van der Waals surface area contributed by atoms with Crippen LogP contribution >= 0.6 is 0 Å². The molecule has 0 fully saturated rings. The highest BCUT2D eigenvalue weighted by Gasteiger charge is 2.18. The number of carboxylic acid groups (broad SMARTS) is 1. The number of aromatic hydroxyl groups is 1.